The molecular weight excluding hydrogens is 591 g/mol. The molecule has 0 aromatic rings. The number of unbranched alkanes of at least 4 members (excludes halogenated alkanes) is 16. The number of carbonyl (C=O) groups excluding carboxylic acids is 2. The largest absolute Gasteiger partial charge is 0.469 e. The lowest BCUT2D eigenvalue weighted by Crippen LogP contribution is -2.29. The Labute approximate surface area is 274 Å². The van der Waals surface area contributed by atoms with Gasteiger partial charge in [-0.2, -0.15) is 0 Å². The average molecular weight is 657 g/mol. The molecule has 9 heteroatoms. The first-order valence-electron chi connectivity index (χ1n) is 17.8. The lowest BCUT2D eigenvalue weighted by atomic mass is 10.1. The van der Waals surface area contributed by atoms with Crippen molar-refractivity contribution < 1.29 is 37.9 Å². The van der Waals surface area contributed by atoms with Crippen molar-refractivity contribution in [1.82, 2.24) is 0 Å². The van der Waals surface area contributed by atoms with E-state index >= 15 is 0 Å². The Morgan fingerprint density at radius 3 is 1.56 bits per heavy atom. The van der Waals surface area contributed by atoms with Crippen molar-refractivity contribution in [2.24, 2.45) is 0 Å². The van der Waals surface area contributed by atoms with Crippen LogP contribution in [0.25, 0.3) is 0 Å². The first-order valence-corrected chi connectivity index (χ1v) is 19.3. The fraction of sp³-hybridized carbons (Fsp3) is 0.778. The van der Waals surface area contributed by atoms with E-state index in [0.717, 1.165) is 44.9 Å². The van der Waals surface area contributed by atoms with E-state index < -0.39 is 32.5 Å². The highest BCUT2D eigenvalue weighted by atomic mass is 31.2. The van der Waals surface area contributed by atoms with Crippen molar-refractivity contribution in [2.75, 3.05) is 13.2 Å². The number of carbonyl (C=O) groups is 2. The molecular formula is C36H65O8P. The van der Waals surface area contributed by atoms with E-state index in [9.17, 15) is 14.2 Å². The summed E-state index contributed by atoms with van der Waals surface area (Å²) in [5.41, 5.74) is 0. The minimum absolute atomic E-state index is 0.197. The standard InChI is InChI=1S/C36H65O8P/c1-3-5-7-9-11-13-15-16-17-18-19-20-21-23-24-26-28-30-35(37)42-32-34(33-43-45(39,40)41)44-36(38)31-29-27-25-22-14-12-10-8-6-4-2/h16-17,19-20,23-24,34H,3-15,18,21-22,25-33H2,1-2H3,(H2,39,40,41)/b17-16+,20-19+,24-23+/t34-/m1/s1. The van der Waals surface area contributed by atoms with Crippen LogP contribution >= 0.6 is 7.82 Å². The van der Waals surface area contributed by atoms with Gasteiger partial charge in [-0.1, -0.05) is 140 Å². The van der Waals surface area contributed by atoms with E-state index in [1.165, 1.54) is 77.0 Å². The summed E-state index contributed by atoms with van der Waals surface area (Å²) in [4.78, 5) is 42.5. The zero-order chi connectivity index (χ0) is 33.3. The molecule has 0 aromatic carbocycles. The molecule has 262 valence electrons. The lowest BCUT2D eigenvalue weighted by Gasteiger charge is -2.18. The van der Waals surface area contributed by atoms with Crippen molar-refractivity contribution in [3.8, 4) is 0 Å². The molecule has 0 aliphatic rings. The van der Waals surface area contributed by atoms with E-state index in [4.69, 9.17) is 19.3 Å². The second-order valence-corrected chi connectivity index (χ2v) is 13.1. The number of allylic oxidation sites excluding steroid dienone is 6. The highest BCUT2D eigenvalue weighted by Gasteiger charge is 2.22. The van der Waals surface area contributed by atoms with Crippen molar-refractivity contribution in [3.63, 3.8) is 0 Å². The summed E-state index contributed by atoms with van der Waals surface area (Å²) in [5, 5.41) is 0. The van der Waals surface area contributed by atoms with E-state index in [2.05, 4.69) is 48.8 Å². The van der Waals surface area contributed by atoms with E-state index in [1.807, 2.05) is 6.08 Å². The van der Waals surface area contributed by atoms with Crippen LogP contribution in [0.3, 0.4) is 0 Å². The Morgan fingerprint density at radius 2 is 1.02 bits per heavy atom. The second-order valence-electron chi connectivity index (χ2n) is 11.8. The maximum atomic E-state index is 12.3. The summed E-state index contributed by atoms with van der Waals surface area (Å²) in [6, 6.07) is 0. The smallest absolute Gasteiger partial charge is 0.462 e. The number of phosphoric ester groups is 1. The first-order chi connectivity index (χ1) is 21.8. The lowest BCUT2D eigenvalue weighted by molar-refractivity contribution is -0.161. The summed E-state index contributed by atoms with van der Waals surface area (Å²) in [5.74, 6) is -0.948. The Morgan fingerprint density at radius 1 is 0.578 bits per heavy atom. The predicted octanol–water partition coefficient (Wildman–Crippen LogP) is 10.2. The summed E-state index contributed by atoms with van der Waals surface area (Å²) in [7, 11) is -4.75. The van der Waals surface area contributed by atoms with E-state index in [-0.39, 0.29) is 19.4 Å². The third kappa shape index (κ3) is 35.0. The van der Waals surface area contributed by atoms with Crippen LogP contribution < -0.4 is 0 Å². The van der Waals surface area contributed by atoms with Gasteiger partial charge in [0.05, 0.1) is 6.61 Å². The molecule has 0 radical (unpaired) electrons. The normalized spacial score (nSPS) is 12.9. The van der Waals surface area contributed by atoms with Crippen molar-refractivity contribution in [2.45, 2.75) is 168 Å². The van der Waals surface area contributed by atoms with E-state index in [0.29, 0.717) is 12.8 Å². The van der Waals surface area contributed by atoms with Crippen LogP contribution in [0, 0.1) is 0 Å². The van der Waals surface area contributed by atoms with Crippen LogP contribution in [-0.4, -0.2) is 41.0 Å². The molecule has 0 aliphatic heterocycles. The van der Waals surface area contributed by atoms with Crippen LogP contribution in [-0.2, 0) is 28.2 Å². The van der Waals surface area contributed by atoms with Crippen LogP contribution in [0.15, 0.2) is 36.5 Å². The molecule has 1 atom stereocenters. The summed E-state index contributed by atoms with van der Waals surface area (Å²) < 4.78 is 26.2. The van der Waals surface area contributed by atoms with Crippen LogP contribution in [0.4, 0.5) is 0 Å². The summed E-state index contributed by atoms with van der Waals surface area (Å²) in [6.07, 6.45) is 35.9. The van der Waals surface area contributed by atoms with Gasteiger partial charge >= 0.3 is 19.8 Å². The topological polar surface area (TPSA) is 119 Å². The highest BCUT2D eigenvalue weighted by Crippen LogP contribution is 2.35. The second kappa shape index (κ2) is 32.2. The number of ether oxygens (including phenoxy) is 2. The third-order valence-corrected chi connectivity index (χ3v) is 7.90. The third-order valence-electron chi connectivity index (χ3n) is 7.41. The van der Waals surface area contributed by atoms with Gasteiger partial charge in [-0.05, 0) is 44.9 Å². The molecule has 45 heavy (non-hydrogen) atoms. The Kier molecular flexibility index (Phi) is 31.0. The quantitative estimate of drug-likeness (QED) is 0.0318. The van der Waals surface area contributed by atoms with Gasteiger partial charge in [-0.25, -0.2) is 4.57 Å². The molecule has 0 heterocycles. The van der Waals surface area contributed by atoms with Gasteiger partial charge in [0.1, 0.15) is 6.61 Å². The molecule has 2 N–H and O–H groups in total. The van der Waals surface area contributed by atoms with Gasteiger partial charge < -0.3 is 19.3 Å². The molecule has 0 bridgehead atoms. The molecule has 0 aromatic heterocycles. The molecule has 0 fully saturated rings. The fourth-order valence-electron chi connectivity index (χ4n) is 4.74. The molecule has 0 saturated carbocycles. The van der Waals surface area contributed by atoms with Crippen molar-refractivity contribution >= 4 is 19.8 Å². The molecule has 0 spiro atoms. The molecule has 0 amide bonds. The first kappa shape index (κ1) is 43.3. The molecule has 0 unspecified atom stereocenters. The zero-order valence-corrected chi connectivity index (χ0v) is 29.4. The van der Waals surface area contributed by atoms with Crippen LogP contribution in [0.1, 0.15) is 162 Å². The highest BCUT2D eigenvalue weighted by molar-refractivity contribution is 7.46. The Balaban J connectivity index is 4.07. The van der Waals surface area contributed by atoms with Crippen molar-refractivity contribution in [3.05, 3.63) is 36.5 Å². The van der Waals surface area contributed by atoms with Gasteiger partial charge in [0.2, 0.25) is 0 Å². The summed E-state index contributed by atoms with van der Waals surface area (Å²) >= 11 is 0. The number of hydrogen-bond donors (Lipinski definition) is 2. The van der Waals surface area contributed by atoms with Gasteiger partial charge in [0.15, 0.2) is 6.10 Å². The van der Waals surface area contributed by atoms with E-state index in [1.54, 1.807) is 0 Å². The minimum Gasteiger partial charge on any atom is -0.462 e. The number of rotatable bonds is 32. The molecule has 0 saturated heterocycles. The average Bonchev–Trinajstić information content (AvgIpc) is 3.00. The summed E-state index contributed by atoms with van der Waals surface area (Å²) in [6.45, 7) is 3.60. The van der Waals surface area contributed by atoms with Crippen LogP contribution in [0.5, 0.6) is 0 Å². The van der Waals surface area contributed by atoms with Gasteiger partial charge in [0.25, 0.3) is 0 Å². The Hall–Kier alpha value is -1.73. The number of hydrogen-bond acceptors (Lipinski definition) is 6. The van der Waals surface area contributed by atoms with Crippen LogP contribution in [0.2, 0.25) is 0 Å². The monoisotopic (exact) mass is 656 g/mol. The fourth-order valence-corrected chi connectivity index (χ4v) is 5.10. The minimum atomic E-state index is -4.75. The molecule has 8 nitrogen and oxygen atoms in total. The zero-order valence-electron chi connectivity index (χ0n) is 28.5. The maximum Gasteiger partial charge on any atom is 0.469 e. The predicted molar refractivity (Wildman–Crippen MR) is 184 cm³/mol. The molecule has 0 rings (SSSR count). The number of phosphoric acid groups is 1. The Bertz CT molecular complexity index is 833. The van der Waals surface area contributed by atoms with Gasteiger partial charge in [-0.3, -0.25) is 14.1 Å². The number of esters is 2. The maximum absolute atomic E-state index is 12.3. The van der Waals surface area contributed by atoms with Crippen molar-refractivity contribution in [1.29, 1.82) is 0 Å². The van der Waals surface area contributed by atoms with Gasteiger partial charge in [0, 0.05) is 12.8 Å². The molecule has 0 aliphatic carbocycles. The SMILES string of the molecule is CCCCCCCC/C=C/C/C=C/C/C=C/CCCC(=O)OC[C@H](COP(=O)(O)O)OC(=O)CCCCCCCCCCCC. The van der Waals surface area contributed by atoms with Gasteiger partial charge in [-0.15, -0.1) is 0 Å².